The Morgan fingerprint density at radius 2 is 2.38 bits per heavy atom. The fourth-order valence-corrected chi connectivity index (χ4v) is 2.05. The van der Waals surface area contributed by atoms with Gasteiger partial charge in [0.15, 0.2) is 0 Å². The molecule has 0 spiro atoms. The van der Waals surface area contributed by atoms with E-state index in [9.17, 15) is 4.79 Å². The van der Waals surface area contributed by atoms with E-state index >= 15 is 0 Å². The zero-order chi connectivity index (χ0) is 12.0. The molecule has 0 N–H and O–H groups in total. The number of amides is 1. The van der Waals surface area contributed by atoms with Crippen LogP contribution in [0.5, 0.6) is 0 Å². The summed E-state index contributed by atoms with van der Waals surface area (Å²) < 4.78 is 5.17. The molecule has 90 valence electrons. The number of carbonyl (C=O) groups is 1. The molecule has 16 heavy (non-hydrogen) atoms. The maximum absolute atomic E-state index is 11.7. The lowest BCUT2D eigenvalue weighted by molar-refractivity contribution is -0.145. The van der Waals surface area contributed by atoms with Crippen LogP contribution in [0.3, 0.4) is 0 Å². The van der Waals surface area contributed by atoms with Crippen LogP contribution in [0.25, 0.3) is 0 Å². The van der Waals surface area contributed by atoms with Gasteiger partial charge in [0.25, 0.3) is 5.91 Å². The lowest BCUT2D eigenvalue weighted by atomic mass is 10.2. The van der Waals surface area contributed by atoms with E-state index in [1.54, 1.807) is 18.2 Å². The van der Waals surface area contributed by atoms with Crippen molar-refractivity contribution in [1.29, 1.82) is 0 Å². The van der Waals surface area contributed by atoms with Gasteiger partial charge in [-0.1, -0.05) is 12.7 Å². The molecule has 1 amide bonds. The lowest BCUT2D eigenvalue weighted by Gasteiger charge is -2.34. The minimum atomic E-state index is -0.0806. The van der Waals surface area contributed by atoms with Gasteiger partial charge >= 0.3 is 0 Å². The quantitative estimate of drug-likeness (QED) is 0.502. The monoisotopic (exact) mass is 224 g/mol. The van der Waals surface area contributed by atoms with E-state index < -0.39 is 0 Å². The van der Waals surface area contributed by atoms with Crippen molar-refractivity contribution in [2.75, 3.05) is 26.8 Å². The Hall–Kier alpha value is -1.13. The molecule has 1 rings (SSSR count). The highest BCUT2D eigenvalue weighted by atomic mass is 16.5. The largest absolute Gasteiger partial charge is 0.383 e. The summed E-state index contributed by atoms with van der Waals surface area (Å²) in [6, 6.07) is 0.286. The van der Waals surface area contributed by atoms with Crippen molar-refractivity contribution in [2.45, 2.75) is 18.9 Å². The van der Waals surface area contributed by atoms with Crippen molar-refractivity contribution in [3.8, 4) is 0 Å². The van der Waals surface area contributed by atoms with E-state index in [0.29, 0.717) is 13.2 Å². The molecule has 1 aliphatic heterocycles. The van der Waals surface area contributed by atoms with Crippen LogP contribution in [-0.2, 0) is 9.53 Å². The van der Waals surface area contributed by atoms with Crippen molar-refractivity contribution >= 4 is 5.91 Å². The van der Waals surface area contributed by atoms with E-state index in [2.05, 4.69) is 18.2 Å². The fourth-order valence-electron chi connectivity index (χ4n) is 2.05. The standard InChI is InChI=1S/C12H20N2O2/c1-4-8-14(12(15)5-2)13-9-6-7-11(13)10-16-3/h4-5,11H,1-2,6-10H2,3H3. The SMILES string of the molecule is C=CCN(C(=O)C=C)N1CCCC1COC. The molecule has 4 heteroatoms. The molecular formula is C12H20N2O2. The van der Waals surface area contributed by atoms with Crippen molar-refractivity contribution in [2.24, 2.45) is 0 Å². The topological polar surface area (TPSA) is 32.8 Å². The Morgan fingerprint density at radius 1 is 1.62 bits per heavy atom. The third kappa shape index (κ3) is 2.93. The second kappa shape index (κ2) is 6.45. The molecule has 0 saturated carbocycles. The molecule has 0 aliphatic carbocycles. The van der Waals surface area contributed by atoms with Gasteiger partial charge in [0.05, 0.1) is 19.2 Å². The van der Waals surface area contributed by atoms with E-state index in [1.807, 2.05) is 0 Å². The van der Waals surface area contributed by atoms with Gasteiger partial charge in [0, 0.05) is 13.7 Å². The molecule has 1 fully saturated rings. The first kappa shape index (κ1) is 12.9. The maximum atomic E-state index is 11.7. The van der Waals surface area contributed by atoms with E-state index in [0.717, 1.165) is 19.4 Å². The van der Waals surface area contributed by atoms with Crippen LogP contribution in [0.4, 0.5) is 0 Å². The highest BCUT2D eigenvalue weighted by Crippen LogP contribution is 2.20. The molecule has 1 aliphatic rings. The Bertz CT molecular complexity index is 266. The van der Waals surface area contributed by atoms with Crippen molar-refractivity contribution in [3.05, 3.63) is 25.3 Å². The molecule has 0 aromatic rings. The summed E-state index contributed by atoms with van der Waals surface area (Å²) in [5.41, 5.74) is 0. The lowest BCUT2D eigenvalue weighted by Crippen LogP contribution is -2.49. The van der Waals surface area contributed by atoms with Crippen molar-refractivity contribution in [3.63, 3.8) is 0 Å². The number of hydrogen-bond acceptors (Lipinski definition) is 3. The Kier molecular flexibility index (Phi) is 5.22. The predicted octanol–water partition coefficient (Wildman–Crippen LogP) is 1.21. The van der Waals surface area contributed by atoms with Crippen LogP contribution < -0.4 is 0 Å². The predicted molar refractivity (Wildman–Crippen MR) is 63.7 cm³/mol. The summed E-state index contributed by atoms with van der Waals surface area (Å²) >= 11 is 0. The summed E-state index contributed by atoms with van der Waals surface area (Å²) in [6.07, 6.45) is 5.22. The smallest absolute Gasteiger partial charge is 0.260 e. The molecule has 1 unspecified atom stereocenters. The van der Waals surface area contributed by atoms with Crippen LogP contribution >= 0.6 is 0 Å². The molecule has 1 saturated heterocycles. The van der Waals surface area contributed by atoms with Crippen LogP contribution in [0.2, 0.25) is 0 Å². The van der Waals surface area contributed by atoms with Crippen LogP contribution in [0.15, 0.2) is 25.3 Å². The highest BCUT2D eigenvalue weighted by Gasteiger charge is 2.30. The number of ether oxygens (including phenoxy) is 1. The second-order valence-corrected chi connectivity index (χ2v) is 3.83. The van der Waals surface area contributed by atoms with Crippen molar-refractivity contribution < 1.29 is 9.53 Å². The first-order valence-corrected chi connectivity index (χ1v) is 5.55. The molecule has 0 radical (unpaired) electrons. The van der Waals surface area contributed by atoms with Gasteiger partial charge in [-0.2, -0.15) is 0 Å². The number of hydrazine groups is 1. The number of rotatable bonds is 6. The third-order valence-electron chi connectivity index (χ3n) is 2.75. The molecule has 4 nitrogen and oxygen atoms in total. The summed E-state index contributed by atoms with van der Waals surface area (Å²) in [7, 11) is 1.68. The molecular weight excluding hydrogens is 204 g/mol. The maximum Gasteiger partial charge on any atom is 0.260 e. The average Bonchev–Trinajstić information content (AvgIpc) is 2.73. The molecule has 0 aromatic carbocycles. The Balaban J connectivity index is 2.71. The fraction of sp³-hybridized carbons (Fsp3) is 0.583. The molecule has 1 atom stereocenters. The zero-order valence-corrected chi connectivity index (χ0v) is 9.89. The molecule has 0 aromatic heterocycles. The zero-order valence-electron chi connectivity index (χ0n) is 9.89. The summed E-state index contributed by atoms with van der Waals surface area (Å²) in [4.78, 5) is 11.7. The van der Waals surface area contributed by atoms with E-state index in [-0.39, 0.29) is 11.9 Å². The number of carbonyl (C=O) groups excluding carboxylic acids is 1. The van der Waals surface area contributed by atoms with Gasteiger partial charge in [0.1, 0.15) is 0 Å². The minimum absolute atomic E-state index is 0.0806. The van der Waals surface area contributed by atoms with Gasteiger partial charge in [-0.25, -0.2) is 5.01 Å². The van der Waals surface area contributed by atoms with Gasteiger partial charge < -0.3 is 4.74 Å². The molecule has 1 heterocycles. The van der Waals surface area contributed by atoms with Crippen LogP contribution in [-0.4, -0.2) is 48.8 Å². The molecule has 0 bridgehead atoms. The third-order valence-corrected chi connectivity index (χ3v) is 2.75. The normalized spacial score (nSPS) is 20.7. The average molecular weight is 224 g/mol. The summed E-state index contributed by atoms with van der Waals surface area (Å²) in [5, 5.41) is 3.76. The minimum Gasteiger partial charge on any atom is -0.383 e. The Labute approximate surface area is 97.1 Å². The summed E-state index contributed by atoms with van der Waals surface area (Å²) in [6.45, 7) is 9.26. The van der Waals surface area contributed by atoms with Gasteiger partial charge in [0.2, 0.25) is 0 Å². The number of nitrogens with zero attached hydrogens (tertiary/aromatic N) is 2. The van der Waals surface area contributed by atoms with Crippen molar-refractivity contribution in [1.82, 2.24) is 10.0 Å². The number of methoxy groups -OCH3 is 1. The highest BCUT2D eigenvalue weighted by molar-refractivity contribution is 5.86. The van der Waals surface area contributed by atoms with E-state index in [1.165, 1.54) is 6.08 Å². The van der Waals surface area contributed by atoms with Gasteiger partial charge in [-0.15, -0.1) is 6.58 Å². The van der Waals surface area contributed by atoms with Crippen LogP contribution in [0, 0.1) is 0 Å². The number of hydrogen-bond donors (Lipinski definition) is 0. The van der Waals surface area contributed by atoms with Crippen LogP contribution in [0.1, 0.15) is 12.8 Å². The second-order valence-electron chi connectivity index (χ2n) is 3.83. The Morgan fingerprint density at radius 3 is 2.94 bits per heavy atom. The van der Waals surface area contributed by atoms with Gasteiger partial charge in [-0.05, 0) is 18.9 Å². The van der Waals surface area contributed by atoms with E-state index in [4.69, 9.17) is 4.74 Å². The summed E-state index contributed by atoms with van der Waals surface area (Å²) in [5.74, 6) is -0.0806. The first-order valence-electron chi connectivity index (χ1n) is 5.55. The van der Waals surface area contributed by atoms with Gasteiger partial charge in [-0.3, -0.25) is 9.80 Å². The first-order chi connectivity index (χ1) is 7.74.